The molecule has 0 saturated heterocycles. The summed E-state index contributed by atoms with van der Waals surface area (Å²) in [5.41, 5.74) is 0. The molecule has 0 aliphatic heterocycles. The van der Waals surface area contributed by atoms with Gasteiger partial charge in [-0.25, -0.2) is 5.01 Å². The van der Waals surface area contributed by atoms with E-state index >= 15 is 0 Å². The summed E-state index contributed by atoms with van der Waals surface area (Å²) < 4.78 is 0.486. The second-order valence-corrected chi connectivity index (χ2v) is 2.52. The van der Waals surface area contributed by atoms with E-state index in [1.54, 1.807) is 6.26 Å². The fraction of sp³-hybridized carbons (Fsp3) is 0.667. The van der Waals surface area contributed by atoms with Crippen LogP contribution in [0.15, 0.2) is 5.29 Å². The summed E-state index contributed by atoms with van der Waals surface area (Å²) in [5.74, 6) is 0. The maximum Gasteiger partial charge on any atom is 0.159 e. The largest absolute Gasteiger partial charge is 0.215 e. The second-order valence-electron chi connectivity index (χ2n) is 1.08. The molecule has 0 unspecified atom stereocenters. The zero-order valence-corrected chi connectivity index (χ0v) is 6.25. The standard InChI is InChI=1S/C3H6N2OS2/c1-5(4-6)3(7)8-2/h1-2H3. The van der Waals surface area contributed by atoms with Crippen molar-refractivity contribution < 1.29 is 0 Å². The SMILES string of the molecule is CSC(=S)N(C)N=O. The minimum Gasteiger partial charge on any atom is -0.215 e. The lowest BCUT2D eigenvalue weighted by molar-refractivity contribution is 0.557. The first-order valence-corrected chi connectivity index (χ1v) is 3.50. The highest BCUT2D eigenvalue weighted by Gasteiger charge is 1.98. The van der Waals surface area contributed by atoms with E-state index in [0.717, 1.165) is 5.01 Å². The van der Waals surface area contributed by atoms with Crippen molar-refractivity contribution in [3.8, 4) is 0 Å². The van der Waals surface area contributed by atoms with Crippen LogP contribution in [0.1, 0.15) is 0 Å². The van der Waals surface area contributed by atoms with Gasteiger partial charge in [0.15, 0.2) is 4.32 Å². The summed E-state index contributed by atoms with van der Waals surface area (Å²) in [6.45, 7) is 0. The van der Waals surface area contributed by atoms with Gasteiger partial charge in [-0.15, -0.1) is 4.91 Å². The molecular formula is C3H6N2OS2. The van der Waals surface area contributed by atoms with Crippen LogP contribution >= 0.6 is 24.0 Å². The Balaban J connectivity index is 3.62. The average molecular weight is 150 g/mol. The molecule has 0 bridgehead atoms. The van der Waals surface area contributed by atoms with Crippen LogP contribution in [-0.4, -0.2) is 22.6 Å². The monoisotopic (exact) mass is 150 g/mol. The van der Waals surface area contributed by atoms with Crippen molar-refractivity contribution in [1.82, 2.24) is 5.01 Å². The first-order valence-electron chi connectivity index (χ1n) is 1.87. The minimum atomic E-state index is 0.486. The third-order valence-electron chi connectivity index (χ3n) is 0.561. The number of nitrogens with zero attached hydrogens (tertiary/aromatic N) is 2. The molecule has 0 aromatic heterocycles. The zero-order valence-electron chi connectivity index (χ0n) is 4.62. The van der Waals surface area contributed by atoms with Crippen molar-refractivity contribution in [2.45, 2.75) is 0 Å². The van der Waals surface area contributed by atoms with Gasteiger partial charge in [-0.2, -0.15) is 0 Å². The summed E-state index contributed by atoms with van der Waals surface area (Å²) in [6, 6.07) is 0. The third kappa shape index (κ3) is 2.23. The van der Waals surface area contributed by atoms with Gasteiger partial charge in [0.05, 0.1) is 5.29 Å². The van der Waals surface area contributed by atoms with Gasteiger partial charge >= 0.3 is 0 Å². The molecule has 0 atom stereocenters. The first-order chi connectivity index (χ1) is 3.72. The van der Waals surface area contributed by atoms with Gasteiger partial charge in [-0.3, -0.25) is 0 Å². The number of thiocarbonyl (C=S) groups is 1. The van der Waals surface area contributed by atoms with Crippen molar-refractivity contribution in [3.63, 3.8) is 0 Å². The second kappa shape index (κ2) is 3.80. The Bertz CT molecular complexity index is 105. The summed E-state index contributed by atoms with van der Waals surface area (Å²) in [7, 11) is 1.52. The van der Waals surface area contributed by atoms with Crippen molar-refractivity contribution in [2.75, 3.05) is 13.3 Å². The molecule has 0 aliphatic rings. The van der Waals surface area contributed by atoms with E-state index in [1.807, 2.05) is 0 Å². The van der Waals surface area contributed by atoms with Gasteiger partial charge in [0, 0.05) is 7.05 Å². The fourth-order valence-electron chi connectivity index (χ4n) is 0.165. The van der Waals surface area contributed by atoms with Crippen LogP contribution < -0.4 is 0 Å². The van der Waals surface area contributed by atoms with E-state index in [2.05, 4.69) is 17.5 Å². The maximum atomic E-state index is 9.68. The molecule has 0 aromatic carbocycles. The van der Waals surface area contributed by atoms with Crippen LogP contribution in [0.3, 0.4) is 0 Å². The Morgan fingerprint density at radius 3 is 2.50 bits per heavy atom. The van der Waals surface area contributed by atoms with Crippen molar-refractivity contribution >= 4 is 28.3 Å². The highest BCUT2D eigenvalue weighted by molar-refractivity contribution is 8.22. The first kappa shape index (κ1) is 7.84. The number of thioether (sulfide) groups is 1. The van der Waals surface area contributed by atoms with E-state index < -0.39 is 0 Å². The molecule has 0 amide bonds. The molecule has 5 heteroatoms. The Hall–Kier alpha value is -0.160. The molecular weight excluding hydrogens is 144 g/mol. The fourth-order valence-corrected chi connectivity index (χ4v) is 0.496. The van der Waals surface area contributed by atoms with Crippen LogP contribution in [0.4, 0.5) is 0 Å². The Labute approximate surface area is 57.4 Å². The Morgan fingerprint density at radius 1 is 1.88 bits per heavy atom. The third-order valence-corrected chi connectivity index (χ3v) is 1.94. The summed E-state index contributed by atoms with van der Waals surface area (Å²) >= 11 is 5.99. The highest BCUT2D eigenvalue weighted by Crippen LogP contribution is 2.01. The lowest BCUT2D eigenvalue weighted by Crippen LogP contribution is -2.13. The van der Waals surface area contributed by atoms with E-state index in [4.69, 9.17) is 0 Å². The topological polar surface area (TPSA) is 32.7 Å². The summed E-state index contributed by atoms with van der Waals surface area (Å²) in [4.78, 5) is 9.68. The minimum absolute atomic E-state index is 0.486. The van der Waals surface area contributed by atoms with Gasteiger partial charge < -0.3 is 0 Å². The molecule has 0 spiro atoms. The van der Waals surface area contributed by atoms with E-state index in [-0.39, 0.29) is 0 Å². The molecule has 0 radical (unpaired) electrons. The number of rotatable bonds is 1. The van der Waals surface area contributed by atoms with Gasteiger partial charge in [0.1, 0.15) is 0 Å². The summed E-state index contributed by atoms with van der Waals surface area (Å²) in [5, 5.41) is 3.69. The summed E-state index contributed by atoms with van der Waals surface area (Å²) in [6.07, 6.45) is 1.80. The molecule has 0 heterocycles. The molecule has 3 nitrogen and oxygen atoms in total. The Kier molecular flexibility index (Phi) is 3.72. The molecule has 8 heavy (non-hydrogen) atoms. The van der Waals surface area contributed by atoms with Crippen LogP contribution in [0.25, 0.3) is 0 Å². The van der Waals surface area contributed by atoms with Gasteiger partial charge in [0.25, 0.3) is 0 Å². The molecule has 0 aliphatic carbocycles. The maximum absolute atomic E-state index is 9.68. The van der Waals surface area contributed by atoms with Crippen LogP contribution in [0, 0.1) is 4.91 Å². The molecule has 0 saturated carbocycles. The van der Waals surface area contributed by atoms with Gasteiger partial charge in [-0.05, 0) is 6.26 Å². The molecule has 0 rings (SSSR count). The van der Waals surface area contributed by atoms with E-state index in [1.165, 1.54) is 18.8 Å². The van der Waals surface area contributed by atoms with E-state index in [9.17, 15) is 4.91 Å². The van der Waals surface area contributed by atoms with Gasteiger partial charge in [0.2, 0.25) is 0 Å². The molecule has 46 valence electrons. The van der Waals surface area contributed by atoms with E-state index in [0.29, 0.717) is 4.32 Å². The smallest absolute Gasteiger partial charge is 0.159 e. The number of nitroso groups, excluding NO2 is 1. The zero-order chi connectivity index (χ0) is 6.57. The lowest BCUT2D eigenvalue weighted by Gasteiger charge is -2.04. The molecule has 0 N–H and O–H groups in total. The van der Waals surface area contributed by atoms with Crippen LogP contribution in [-0.2, 0) is 0 Å². The van der Waals surface area contributed by atoms with Crippen molar-refractivity contribution in [3.05, 3.63) is 4.91 Å². The van der Waals surface area contributed by atoms with Gasteiger partial charge in [-0.1, -0.05) is 24.0 Å². The highest BCUT2D eigenvalue weighted by atomic mass is 32.2. The number of hydrogen-bond acceptors (Lipinski definition) is 4. The molecule has 0 aromatic rings. The molecule has 0 fully saturated rings. The predicted molar refractivity (Wildman–Crippen MR) is 39.7 cm³/mol. The Morgan fingerprint density at radius 2 is 2.38 bits per heavy atom. The number of hydrogen-bond donors (Lipinski definition) is 0. The van der Waals surface area contributed by atoms with Crippen molar-refractivity contribution in [1.29, 1.82) is 0 Å². The van der Waals surface area contributed by atoms with Crippen molar-refractivity contribution in [2.24, 2.45) is 5.29 Å². The average Bonchev–Trinajstić information content (AvgIpc) is 1.84. The normalized spacial score (nSPS) is 8.25. The lowest BCUT2D eigenvalue weighted by atomic mass is 11.2. The van der Waals surface area contributed by atoms with Crippen LogP contribution in [0.5, 0.6) is 0 Å². The van der Waals surface area contributed by atoms with Crippen LogP contribution in [0.2, 0.25) is 0 Å². The predicted octanol–water partition coefficient (Wildman–Crippen LogP) is 1.25. The quantitative estimate of drug-likeness (QED) is 0.320.